The number of aromatic nitrogens is 4. The Morgan fingerprint density at radius 3 is 2.95 bits per heavy atom. The summed E-state index contributed by atoms with van der Waals surface area (Å²) in [6.07, 6.45) is 1.56. The van der Waals surface area contributed by atoms with Gasteiger partial charge in [-0.15, -0.1) is 15.0 Å². The average molecular weight is 276 g/mol. The van der Waals surface area contributed by atoms with E-state index in [1.54, 1.807) is 36.6 Å². The molecule has 0 aliphatic rings. The number of benzene rings is 1. The van der Waals surface area contributed by atoms with E-state index in [9.17, 15) is 0 Å². The molecule has 1 aromatic carbocycles. The molecular formula is C12H10ClN5O. The number of hydrogen-bond acceptors (Lipinski definition) is 5. The Bertz CT molecular complexity index is 692. The van der Waals surface area contributed by atoms with Crippen LogP contribution in [0.4, 0.5) is 0 Å². The summed E-state index contributed by atoms with van der Waals surface area (Å²) in [7, 11) is 0. The van der Waals surface area contributed by atoms with Gasteiger partial charge in [0, 0.05) is 11.6 Å². The quantitative estimate of drug-likeness (QED) is 0.791. The van der Waals surface area contributed by atoms with Gasteiger partial charge in [-0.2, -0.15) is 0 Å². The minimum absolute atomic E-state index is 0.341. The van der Waals surface area contributed by atoms with E-state index in [0.29, 0.717) is 23.2 Å². The molecule has 0 atom stereocenters. The van der Waals surface area contributed by atoms with E-state index in [0.717, 1.165) is 11.3 Å². The highest BCUT2D eigenvalue weighted by atomic mass is 35.5. The van der Waals surface area contributed by atoms with E-state index in [4.69, 9.17) is 21.8 Å². The Labute approximate surface area is 113 Å². The third-order valence-corrected chi connectivity index (χ3v) is 2.87. The molecule has 3 aromatic rings. The Kier molecular flexibility index (Phi) is 3.02. The Morgan fingerprint density at radius 2 is 2.21 bits per heavy atom. The molecule has 0 bridgehead atoms. The summed E-state index contributed by atoms with van der Waals surface area (Å²) < 4.78 is 5.22. The van der Waals surface area contributed by atoms with Crippen LogP contribution in [0, 0.1) is 0 Å². The molecule has 2 heterocycles. The Hall–Kier alpha value is -2.18. The van der Waals surface area contributed by atoms with Gasteiger partial charge in [-0.05, 0) is 41.1 Å². The molecule has 19 heavy (non-hydrogen) atoms. The molecule has 2 aromatic heterocycles. The van der Waals surface area contributed by atoms with Gasteiger partial charge in [0.1, 0.15) is 0 Å². The fraction of sp³-hybridized carbons (Fsp3) is 0.0833. The lowest BCUT2D eigenvalue weighted by Crippen LogP contribution is -2.07. The van der Waals surface area contributed by atoms with Crippen LogP contribution >= 0.6 is 11.6 Å². The van der Waals surface area contributed by atoms with Gasteiger partial charge < -0.3 is 10.2 Å². The number of hydrogen-bond donors (Lipinski definition) is 1. The zero-order chi connectivity index (χ0) is 13.2. The zero-order valence-corrected chi connectivity index (χ0v) is 10.6. The molecule has 0 unspecified atom stereocenters. The van der Waals surface area contributed by atoms with Crippen LogP contribution in [0.2, 0.25) is 5.02 Å². The number of nitrogens with zero attached hydrogens (tertiary/aromatic N) is 4. The SMILES string of the molecule is NCc1cc(Cl)ccc1-n1nnc(-c2ccco2)n1. The first-order chi connectivity index (χ1) is 9.28. The van der Waals surface area contributed by atoms with Gasteiger partial charge in [-0.3, -0.25) is 0 Å². The third kappa shape index (κ3) is 2.23. The average Bonchev–Trinajstić information content (AvgIpc) is 3.09. The fourth-order valence-electron chi connectivity index (χ4n) is 1.73. The van der Waals surface area contributed by atoms with Crippen molar-refractivity contribution in [3.8, 4) is 17.3 Å². The second-order valence-corrected chi connectivity index (χ2v) is 4.29. The second-order valence-electron chi connectivity index (χ2n) is 3.86. The molecule has 7 heteroatoms. The number of tetrazole rings is 1. The van der Waals surface area contributed by atoms with Crippen molar-refractivity contribution in [2.75, 3.05) is 0 Å². The topological polar surface area (TPSA) is 82.8 Å². The highest BCUT2D eigenvalue weighted by Crippen LogP contribution is 2.20. The van der Waals surface area contributed by atoms with Crippen LogP contribution < -0.4 is 5.73 Å². The molecule has 0 fully saturated rings. The van der Waals surface area contributed by atoms with Crippen molar-refractivity contribution < 1.29 is 4.42 Å². The lowest BCUT2D eigenvalue weighted by atomic mass is 10.2. The van der Waals surface area contributed by atoms with E-state index >= 15 is 0 Å². The molecule has 0 amide bonds. The maximum Gasteiger partial charge on any atom is 0.240 e. The minimum Gasteiger partial charge on any atom is -0.461 e. The molecule has 0 aliphatic carbocycles. The summed E-state index contributed by atoms with van der Waals surface area (Å²) in [5.41, 5.74) is 7.28. The van der Waals surface area contributed by atoms with E-state index in [2.05, 4.69) is 15.4 Å². The van der Waals surface area contributed by atoms with Gasteiger partial charge in [0.25, 0.3) is 0 Å². The normalized spacial score (nSPS) is 10.8. The first-order valence-electron chi connectivity index (χ1n) is 5.60. The van der Waals surface area contributed by atoms with Crippen molar-refractivity contribution in [2.45, 2.75) is 6.54 Å². The Morgan fingerprint density at radius 1 is 1.32 bits per heavy atom. The predicted molar refractivity (Wildman–Crippen MR) is 69.8 cm³/mol. The lowest BCUT2D eigenvalue weighted by molar-refractivity contribution is 0.577. The highest BCUT2D eigenvalue weighted by molar-refractivity contribution is 6.30. The minimum atomic E-state index is 0.341. The zero-order valence-electron chi connectivity index (χ0n) is 9.82. The number of furan rings is 1. The van der Waals surface area contributed by atoms with Crippen LogP contribution in [0.15, 0.2) is 41.0 Å². The van der Waals surface area contributed by atoms with E-state index in [1.807, 2.05) is 0 Å². The van der Waals surface area contributed by atoms with Gasteiger partial charge >= 0.3 is 0 Å². The van der Waals surface area contributed by atoms with Gasteiger partial charge in [0.2, 0.25) is 5.82 Å². The van der Waals surface area contributed by atoms with Crippen molar-refractivity contribution in [1.82, 2.24) is 20.2 Å². The molecule has 0 saturated heterocycles. The molecule has 2 N–H and O–H groups in total. The molecule has 0 radical (unpaired) electrons. The molecule has 0 saturated carbocycles. The van der Waals surface area contributed by atoms with Crippen LogP contribution in [0.1, 0.15) is 5.56 Å². The van der Waals surface area contributed by atoms with Crippen LogP contribution in [0.3, 0.4) is 0 Å². The first-order valence-corrected chi connectivity index (χ1v) is 5.98. The second kappa shape index (κ2) is 4.83. The lowest BCUT2D eigenvalue weighted by Gasteiger charge is -2.05. The fourth-order valence-corrected chi connectivity index (χ4v) is 1.93. The summed E-state index contributed by atoms with van der Waals surface area (Å²) >= 11 is 5.93. The standard InChI is InChI=1S/C12H10ClN5O/c13-9-3-4-10(8(6-9)7-14)18-16-12(15-17-18)11-2-1-5-19-11/h1-6H,7,14H2. The summed E-state index contributed by atoms with van der Waals surface area (Å²) in [4.78, 5) is 1.41. The van der Waals surface area contributed by atoms with Crippen molar-refractivity contribution in [3.05, 3.63) is 47.2 Å². The van der Waals surface area contributed by atoms with Gasteiger partial charge in [0.15, 0.2) is 5.76 Å². The number of nitrogens with two attached hydrogens (primary N) is 1. The first kappa shape index (κ1) is 11.9. The Balaban J connectivity index is 2.03. The molecular weight excluding hydrogens is 266 g/mol. The molecule has 0 aliphatic heterocycles. The smallest absolute Gasteiger partial charge is 0.240 e. The largest absolute Gasteiger partial charge is 0.461 e. The van der Waals surface area contributed by atoms with Crippen molar-refractivity contribution >= 4 is 11.6 Å². The molecule has 3 rings (SSSR count). The van der Waals surface area contributed by atoms with Crippen molar-refractivity contribution in [1.29, 1.82) is 0 Å². The van der Waals surface area contributed by atoms with Gasteiger partial charge in [-0.1, -0.05) is 11.6 Å². The van der Waals surface area contributed by atoms with Crippen LogP contribution in [0.5, 0.6) is 0 Å². The van der Waals surface area contributed by atoms with Crippen LogP contribution in [-0.4, -0.2) is 20.2 Å². The molecule has 0 spiro atoms. The van der Waals surface area contributed by atoms with E-state index in [1.165, 1.54) is 4.80 Å². The van der Waals surface area contributed by atoms with E-state index in [-0.39, 0.29) is 0 Å². The predicted octanol–water partition coefficient (Wildman–Crippen LogP) is 2.03. The monoisotopic (exact) mass is 275 g/mol. The molecule has 96 valence electrons. The van der Waals surface area contributed by atoms with Crippen LogP contribution in [0.25, 0.3) is 17.3 Å². The summed E-state index contributed by atoms with van der Waals surface area (Å²) in [6, 6.07) is 8.88. The number of rotatable bonds is 3. The maximum absolute atomic E-state index is 5.93. The van der Waals surface area contributed by atoms with Crippen molar-refractivity contribution in [3.63, 3.8) is 0 Å². The maximum atomic E-state index is 5.93. The van der Waals surface area contributed by atoms with Gasteiger partial charge in [0.05, 0.1) is 12.0 Å². The van der Waals surface area contributed by atoms with Crippen LogP contribution in [-0.2, 0) is 6.54 Å². The highest BCUT2D eigenvalue weighted by Gasteiger charge is 2.12. The summed E-state index contributed by atoms with van der Waals surface area (Å²) in [6.45, 7) is 0.341. The third-order valence-electron chi connectivity index (χ3n) is 2.63. The van der Waals surface area contributed by atoms with Gasteiger partial charge in [-0.25, -0.2) is 0 Å². The summed E-state index contributed by atoms with van der Waals surface area (Å²) in [5, 5.41) is 12.8. The van der Waals surface area contributed by atoms with E-state index < -0.39 is 0 Å². The molecule has 6 nitrogen and oxygen atoms in total. The van der Waals surface area contributed by atoms with Crippen molar-refractivity contribution in [2.24, 2.45) is 5.73 Å². The number of halogens is 1. The summed E-state index contributed by atoms with van der Waals surface area (Å²) in [5.74, 6) is 0.984.